The lowest BCUT2D eigenvalue weighted by Gasteiger charge is -2.06. The fraction of sp³-hybridized carbons (Fsp3) is 0.250. The van der Waals surface area contributed by atoms with Crippen molar-refractivity contribution in [2.45, 2.75) is 13.3 Å². The van der Waals surface area contributed by atoms with E-state index in [1.165, 1.54) is 30.1 Å². The van der Waals surface area contributed by atoms with Gasteiger partial charge >= 0.3 is 0 Å². The number of benzene rings is 1. The first-order valence-corrected chi connectivity index (χ1v) is 8.69. The van der Waals surface area contributed by atoms with E-state index in [9.17, 15) is 23.9 Å². The van der Waals surface area contributed by atoms with Crippen molar-refractivity contribution in [3.63, 3.8) is 0 Å². The second kappa shape index (κ2) is 7.67. The third kappa shape index (κ3) is 3.66. The summed E-state index contributed by atoms with van der Waals surface area (Å²) in [5, 5.41) is 12.5. The van der Waals surface area contributed by atoms with Gasteiger partial charge in [0.25, 0.3) is 11.8 Å². The number of nitrogens with zero attached hydrogens (tertiary/aromatic N) is 1. The Morgan fingerprint density at radius 1 is 1.29 bits per heavy atom. The highest BCUT2D eigenvalue weighted by molar-refractivity contribution is 6.14. The maximum Gasteiger partial charge on any atom is 0.289 e. The van der Waals surface area contributed by atoms with E-state index in [1.807, 2.05) is 0 Å². The van der Waals surface area contributed by atoms with Crippen LogP contribution in [0.4, 0.5) is 4.39 Å². The molecule has 1 aromatic carbocycles. The fourth-order valence-electron chi connectivity index (χ4n) is 2.93. The molecule has 7 nitrogen and oxygen atoms in total. The Morgan fingerprint density at radius 2 is 1.96 bits per heavy atom. The Labute approximate surface area is 160 Å². The van der Waals surface area contributed by atoms with E-state index in [2.05, 4.69) is 5.32 Å². The van der Waals surface area contributed by atoms with Crippen LogP contribution in [0.15, 0.2) is 46.1 Å². The zero-order valence-corrected chi connectivity index (χ0v) is 15.4. The molecule has 0 saturated heterocycles. The predicted molar refractivity (Wildman–Crippen MR) is 97.5 cm³/mol. The largest absolute Gasteiger partial charge is 0.503 e. The first-order valence-electron chi connectivity index (χ1n) is 8.69. The number of ketones is 1. The van der Waals surface area contributed by atoms with Crippen LogP contribution in [-0.4, -0.2) is 47.7 Å². The summed E-state index contributed by atoms with van der Waals surface area (Å²) < 4.78 is 18.8. The SMILES string of the molecule is CCNC(=O)c1cc(C(=O)C2=C(O)C(=O)N(C)C2)oc1Cc1ccc(F)cc1. The summed E-state index contributed by atoms with van der Waals surface area (Å²) in [5.41, 5.74) is 0.780. The number of furan rings is 1. The second-order valence-corrected chi connectivity index (χ2v) is 6.43. The van der Waals surface area contributed by atoms with Crippen LogP contribution in [0.1, 0.15) is 39.2 Å². The lowest BCUT2D eigenvalue weighted by atomic mass is 10.1. The maximum absolute atomic E-state index is 13.1. The molecule has 28 heavy (non-hydrogen) atoms. The maximum atomic E-state index is 13.1. The van der Waals surface area contributed by atoms with Gasteiger partial charge < -0.3 is 19.7 Å². The Kier molecular flexibility index (Phi) is 5.30. The van der Waals surface area contributed by atoms with Gasteiger partial charge in [0.05, 0.1) is 17.7 Å². The van der Waals surface area contributed by atoms with Crippen LogP contribution < -0.4 is 5.32 Å². The van der Waals surface area contributed by atoms with Crippen LogP contribution in [0.3, 0.4) is 0 Å². The Bertz CT molecular complexity index is 975. The third-order valence-corrected chi connectivity index (χ3v) is 4.40. The monoisotopic (exact) mass is 386 g/mol. The molecule has 1 aliphatic heterocycles. The molecule has 1 aliphatic rings. The highest BCUT2D eigenvalue weighted by Gasteiger charge is 2.34. The number of aliphatic hydroxyl groups is 1. The van der Waals surface area contributed by atoms with Crippen LogP contribution in [0, 0.1) is 5.82 Å². The zero-order chi connectivity index (χ0) is 20.4. The van der Waals surface area contributed by atoms with Crippen molar-refractivity contribution in [1.29, 1.82) is 0 Å². The van der Waals surface area contributed by atoms with Crippen LogP contribution in [0.25, 0.3) is 0 Å². The van der Waals surface area contributed by atoms with Gasteiger partial charge in [-0.1, -0.05) is 12.1 Å². The Balaban J connectivity index is 1.97. The highest BCUT2D eigenvalue weighted by atomic mass is 19.1. The van der Waals surface area contributed by atoms with Crippen molar-refractivity contribution in [3.05, 3.63) is 70.1 Å². The number of hydrogen-bond acceptors (Lipinski definition) is 5. The van der Waals surface area contributed by atoms with E-state index in [-0.39, 0.29) is 41.4 Å². The van der Waals surface area contributed by atoms with E-state index in [0.29, 0.717) is 12.1 Å². The van der Waals surface area contributed by atoms with Gasteiger partial charge in [-0.15, -0.1) is 0 Å². The minimum atomic E-state index is -0.661. The van der Waals surface area contributed by atoms with Gasteiger partial charge in [0, 0.05) is 26.1 Å². The fourth-order valence-corrected chi connectivity index (χ4v) is 2.93. The van der Waals surface area contributed by atoms with Crippen molar-refractivity contribution >= 4 is 17.6 Å². The molecule has 2 aromatic rings. The van der Waals surface area contributed by atoms with Gasteiger partial charge in [0.1, 0.15) is 11.6 Å². The molecule has 146 valence electrons. The molecule has 0 saturated carbocycles. The number of Topliss-reactive ketones (excluding diaryl/α,β-unsaturated/α-hetero) is 1. The molecule has 0 aliphatic carbocycles. The van der Waals surface area contributed by atoms with Gasteiger partial charge in [-0.3, -0.25) is 14.4 Å². The summed E-state index contributed by atoms with van der Waals surface area (Å²) in [4.78, 5) is 38.0. The average Bonchev–Trinajstić information content (AvgIpc) is 3.20. The Hall–Kier alpha value is -3.42. The van der Waals surface area contributed by atoms with Gasteiger partial charge in [-0.05, 0) is 24.6 Å². The van der Waals surface area contributed by atoms with Crippen LogP contribution >= 0.6 is 0 Å². The third-order valence-electron chi connectivity index (χ3n) is 4.40. The topological polar surface area (TPSA) is 99.8 Å². The summed E-state index contributed by atoms with van der Waals surface area (Å²) in [6.45, 7) is 2.09. The molecule has 2 amide bonds. The molecule has 0 fully saturated rings. The number of halogens is 1. The van der Waals surface area contributed by atoms with Crippen molar-refractivity contribution in [2.75, 3.05) is 20.1 Å². The van der Waals surface area contributed by atoms with Crippen LogP contribution in [-0.2, 0) is 11.2 Å². The van der Waals surface area contributed by atoms with Crippen molar-refractivity contribution < 1.29 is 28.3 Å². The van der Waals surface area contributed by atoms with E-state index < -0.39 is 23.4 Å². The van der Waals surface area contributed by atoms with Crippen molar-refractivity contribution in [1.82, 2.24) is 10.2 Å². The molecule has 0 unspecified atom stereocenters. The number of aliphatic hydroxyl groups excluding tert-OH is 1. The molecular weight excluding hydrogens is 367 g/mol. The summed E-state index contributed by atoms with van der Waals surface area (Å²) in [7, 11) is 1.46. The second-order valence-electron chi connectivity index (χ2n) is 6.43. The molecular formula is C20H19FN2O5. The quantitative estimate of drug-likeness (QED) is 0.742. The average molecular weight is 386 g/mol. The summed E-state index contributed by atoms with van der Waals surface area (Å²) in [6, 6.07) is 6.99. The molecule has 0 radical (unpaired) electrons. The van der Waals surface area contributed by atoms with Gasteiger partial charge in [0.2, 0.25) is 5.78 Å². The minimum absolute atomic E-state index is 0.0476. The standard InChI is InChI=1S/C20H19FN2O5/c1-3-22-19(26)13-9-16(17(24)14-10-23(2)20(27)18(14)25)28-15(13)8-11-4-6-12(21)7-5-11/h4-7,9,25H,3,8,10H2,1-2H3,(H,22,26). The zero-order valence-electron chi connectivity index (χ0n) is 15.4. The number of nitrogens with one attached hydrogen (secondary N) is 1. The number of hydrogen-bond donors (Lipinski definition) is 2. The molecule has 2 heterocycles. The Morgan fingerprint density at radius 3 is 2.54 bits per heavy atom. The lowest BCUT2D eigenvalue weighted by molar-refractivity contribution is -0.126. The number of likely N-dealkylation sites (N-methyl/N-ethyl adjacent to an activating group) is 1. The molecule has 0 atom stereocenters. The van der Waals surface area contributed by atoms with Crippen molar-refractivity contribution in [2.24, 2.45) is 0 Å². The van der Waals surface area contributed by atoms with Gasteiger partial charge in [-0.2, -0.15) is 0 Å². The van der Waals surface area contributed by atoms with Gasteiger partial charge in [0.15, 0.2) is 11.5 Å². The van der Waals surface area contributed by atoms with E-state index in [0.717, 1.165) is 0 Å². The van der Waals surface area contributed by atoms with Crippen LogP contribution in [0.5, 0.6) is 0 Å². The lowest BCUT2D eigenvalue weighted by Crippen LogP contribution is -2.23. The highest BCUT2D eigenvalue weighted by Crippen LogP contribution is 2.25. The smallest absolute Gasteiger partial charge is 0.289 e. The van der Waals surface area contributed by atoms with Gasteiger partial charge in [-0.25, -0.2) is 4.39 Å². The molecule has 3 rings (SSSR count). The van der Waals surface area contributed by atoms with E-state index >= 15 is 0 Å². The normalized spacial score (nSPS) is 14.0. The molecule has 1 aromatic heterocycles. The molecule has 8 heteroatoms. The first-order chi connectivity index (χ1) is 13.3. The van der Waals surface area contributed by atoms with Crippen molar-refractivity contribution in [3.8, 4) is 0 Å². The number of rotatable bonds is 6. The first kappa shape index (κ1) is 19.3. The number of amides is 2. The molecule has 0 spiro atoms. The summed E-state index contributed by atoms with van der Waals surface area (Å²) in [6.07, 6.45) is 0.171. The number of carbonyl (C=O) groups excluding carboxylic acids is 3. The predicted octanol–water partition coefficient (Wildman–Crippen LogP) is 2.23. The van der Waals surface area contributed by atoms with E-state index in [1.54, 1.807) is 19.1 Å². The molecule has 2 N–H and O–H groups in total. The van der Waals surface area contributed by atoms with Crippen LogP contribution in [0.2, 0.25) is 0 Å². The van der Waals surface area contributed by atoms with E-state index in [4.69, 9.17) is 4.42 Å². The summed E-state index contributed by atoms with van der Waals surface area (Å²) >= 11 is 0. The summed E-state index contributed by atoms with van der Waals surface area (Å²) in [5.74, 6) is -2.65. The number of carbonyl (C=O) groups is 3. The molecule has 0 bridgehead atoms. The minimum Gasteiger partial charge on any atom is -0.503 e.